The van der Waals surface area contributed by atoms with Gasteiger partial charge in [-0.2, -0.15) is 0 Å². The Hall–Kier alpha value is -1.26. The molecule has 18 heavy (non-hydrogen) atoms. The number of benzene rings is 1. The van der Waals surface area contributed by atoms with E-state index in [1.54, 1.807) is 7.11 Å². The maximum atomic E-state index is 9.69. The molecule has 0 fully saturated rings. The molecule has 0 radical (unpaired) electrons. The monoisotopic (exact) mass is 254 g/mol. The molecule has 4 heteroatoms. The van der Waals surface area contributed by atoms with Gasteiger partial charge in [0.2, 0.25) is 0 Å². The molecule has 0 aliphatic rings. The van der Waals surface area contributed by atoms with E-state index < -0.39 is 6.10 Å². The second kappa shape index (κ2) is 7.24. The van der Waals surface area contributed by atoms with Gasteiger partial charge in [-0.05, 0) is 38.5 Å². The van der Waals surface area contributed by atoms with Crippen LogP contribution in [0.1, 0.15) is 19.4 Å². The maximum absolute atomic E-state index is 9.69. The zero-order valence-electron chi connectivity index (χ0n) is 11.5. The fraction of sp³-hybridized carbons (Fsp3) is 0.571. The molecule has 1 unspecified atom stereocenters. The highest BCUT2D eigenvalue weighted by Gasteiger charge is 2.09. The van der Waals surface area contributed by atoms with E-state index in [-0.39, 0.29) is 19.3 Å². The number of ether oxygens (including phenoxy) is 3. The van der Waals surface area contributed by atoms with Gasteiger partial charge in [0.1, 0.15) is 12.7 Å². The van der Waals surface area contributed by atoms with E-state index in [9.17, 15) is 5.11 Å². The van der Waals surface area contributed by atoms with Crippen molar-refractivity contribution < 1.29 is 19.3 Å². The van der Waals surface area contributed by atoms with Gasteiger partial charge in [-0.15, -0.1) is 0 Å². The number of aliphatic hydroxyl groups excluding tert-OH is 1. The molecule has 0 saturated heterocycles. The van der Waals surface area contributed by atoms with Gasteiger partial charge in [0.15, 0.2) is 11.5 Å². The summed E-state index contributed by atoms with van der Waals surface area (Å²) in [5.41, 5.74) is 1.10. The molecule has 0 heterocycles. The molecule has 1 aromatic rings. The van der Waals surface area contributed by atoms with Gasteiger partial charge in [-0.25, -0.2) is 0 Å². The Balaban J connectivity index is 2.47. The Morgan fingerprint density at radius 2 is 1.89 bits per heavy atom. The van der Waals surface area contributed by atoms with Crippen molar-refractivity contribution in [1.29, 1.82) is 0 Å². The number of hydrogen-bond acceptors (Lipinski definition) is 4. The van der Waals surface area contributed by atoms with Crippen molar-refractivity contribution in [2.75, 3.05) is 20.3 Å². The van der Waals surface area contributed by atoms with Crippen molar-refractivity contribution in [1.82, 2.24) is 0 Å². The van der Waals surface area contributed by atoms with Crippen LogP contribution in [-0.4, -0.2) is 37.6 Å². The van der Waals surface area contributed by atoms with Crippen molar-refractivity contribution in [2.45, 2.75) is 33.0 Å². The minimum atomic E-state index is -0.640. The standard InChI is InChI=1S/C14H22O4/c1-10(2)17-8-12(15)9-18-13-6-5-11(3)7-14(13)16-4/h5-7,10,12,15H,8-9H2,1-4H3. The van der Waals surface area contributed by atoms with E-state index in [4.69, 9.17) is 14.2 Å². The van der Waals surface area contributed by atoms with Crippen molar-refractivity contribution >= 4 is 0 Å². The Kier molecular flexibility index (Phi) is 5.95. The van der Waals surface area contributed by atoms with E-state index in [2.05, 4.69) is 0 Å². The van der Waals surface area contributed by atoms with Crippen LogP contribution in [0.3, 0.4) is 0 Å². The zero-order valence-corrected chi connectivity index (χ0v) is 11.5. The van der Waals surface area contributed by atoms with E-state index in [0.717, 1.165) is 5.56 Å². The molecular weight excluding hydrogens is 232 g/mol. The lowest BCUT2D eigenvalue weighted by atomic mass is 10.2. The van der Waals surface area contributed by atoms with E-state index in [0.29, 0.717) is 11.5 Å². The molecule has 0 aliphatic heterocycles. The highest BCUT2D eigenvalue weighted by Crippen LogP contribution is 2.27. The predicted molar refractivity (Wildman–Crippen MR) is 70.3 cm³/mol. The minimum Gasteiger partial charge on any atom is -0.493 e. The van der Waals surface area contributed by atoms with Crippen LogP contribution < -0.4 is 9.47 Å². The van der Waals surface area contributed by atoms with Crippen LogP contribution in [0.25, 0.3) is 0 Å². The largest absolute Gasteiger partial charge is 0.493 e. The quantitative estimate of drug-likeness (QED) is 0.810. The first-order valence-corrected chi connectivity index (χ1v) is 6.10. The summed E-state index contributed by atoms with van der Waals surface area (Å²) in [5, 5.41) is 9.69. The highest BCUT2D eigenvalue weighted by molar-refractivity contribution is 5.42. The first kappa shape index (κ1) is 14.8. The minimum absolute atomic E-state index is 0.105. The van der Waals surface area contributed by atoms with Crippen LogP contribution in [0.2, 0.25) is 0 Å². The van der Waals surface area contributed by atoms with Crippen LogP contribution in [0.5, 0.6) is 11.5 Å². The summed E-state index contributed by atoms with van der Waals surface area (Å²) in [5.74, 6) is 1.30. The van der Waals surface area contributed by atoms with E-state index in [1.807, 2.05) is 39.0 Å². The molecular formula is C14H22O4. The number of hydrogen-bond donors (Lipinski definition) is 1. The lowest BCUT2D eigenvalue weighted by Gasteiger charge is -2.16. The Bertz CT molecular complexity index is 363. The van der Waals surface area contributed by atoms with Gasteiger partial charge in [0, 0.05) is 0 Å². The third kappa shape index (κ3) is 4.94. The molecule has 0 aliphatic carbocycles. The van der Waals surface area contributed by atoms with Gasteiger partial charge in [0.25, 0.3) is 0 Å². The summed E-state index contributed by atoms with van der Waals surface area (Å²) in [6, 6.07) is 5.67. The van der Waals surface area contributed by atoms with Crippen molar-refractivity contribution in [3.63, 3.8) is 0 Å². The highest BCUT2D eigenvalue weighted by atomic mass is 16.5. The molecule has 0 saturated carbocycles. The Labute approximate surface area is 108 Å². The fourth-order valence-electron chi connectivity index (χ4n) is 1.43. The smallest absolute Gasteiger partial charge is 0.161 e. The third-order valence-corrected chi connectivity index (χ3v) is 2.37. The topological polar surface area (TPSA) is 47.9 Å². The average molecular weight is 254 g/mol. The Morgan fingerprint density at radius 3 is 2.50 bits per heavy atom. The lowest BCUT2D eigenvalue weighted by Crippen LogP contribution is -2.25. The lowest BCUT2D eigenvalue weighted by molar-refractivity contribution is -0.0125. The number of methoxy groups -OCH3 is 1. The molecule has 1 atom stereocenters. The van der Waals surface area contributed by atoms with E-state index in [1.165, 1.54) is 0 Å². The summed E-state index contributed by atoms with van der Waals surface area (Å²) in [4.78, 5) is 0. The molecule has 1 rings (SSSR count). The molecule has 1 N–H and O–H groups in total. The van der Waals surface area contributed by atoms with E-state index >= 15 is 0 Å². The molecule has 0 aromatic heterocycles. The maximum Gasteiger partial charge on any atom is 0.161 e. The number of rotatable bonds is 7. The van der Waals surface area contributed by atoms with Crippen LogP contribution in [-0.2, 0) is 4.74 Å². The van der Waals surface area contributed by atoms with Crippen LogP contribution in [0.15, 0.2) is 18.2 Å². The SMILES string of the molecule is COc1cc(C)ccc1OCC(O)COC(C)C. The number of aliphatic hydroxyl groups is 1. The molecule has 0 spiro atoms. The number of aryl methyl sites for hydroxylation is 1. The fourth-order valence-corrected chi connectivity index (χ4v) is 1.43. The molecule has 102 valence electrons. The average Bonchev–Trinajstić information content (AvgIpc) is 2.34. The van der Waals surface area contributed by atoms with Gasteiger partial charge >= 0.3 is 0 Å². The summed E-state index contributed by atoms with van der Waals surface area (Å²) >= 11 is 0. The first-order chi connectivity index (χ1) is 8.52. The van der Waals surface area contributed by atoms with Gasteiger partial charge < -0.3 is 19.3 Å². The summed E-state index contributed by atoms with van der Waals surface area (Å²) in [6.45, 7) is 6.29. The van der Waals surface area contributed by atoms with Crippen molar-refractivity contribution in [2.24, 2.45) is 0 Å². The molecule has 0 bridgehead atoms. The van der Waals surface area contributed by atoms with Gasteiger partial charge in [0.05, 0.1) is 19.8 Å². The van der Waals surface area contributed by atoms with Gasteiger partial charge in [-0.3, -0.25) is 0 Å². The summed E-state index contributed by atoms with van der Waals surface area (Å²) in [7, 11) is 1.60. The van der Waals surface area contributed by atoms with Crippen LogP contribution in [0.4, 0.5) is 0 Å². The van der Waals surface area contributed by atoms with Gasteiger partial charge in [-0.1, -0.05) is 6.07 Å². The summed E-state index contributed by atoms with van der Waals surface area (Å²) < 4.78 is 16.0. The summed E-state index contributed by atoms with van der Waals surface area (Å²) in [6.07, 6.45) is -0.535. The van der Waals surface area contributed by atoms with Crippen LogP contribution >= 0.6 is 0 Å². The normalized spacial score (nSPS) is 12.6. The van der Waals surface area contributed by atoms with Crippen molar-refractivity contribution in [3.8, 4) is 11.5 Å². The molecule has 4 nitrogen and oxygen atoms in total. The predicted octanol–water partition coefficient (Wildman–Crippen LogP) is 2.17. The third-order valence-electron chi connectivity index (χ3n) is 2.37. The second-order valence-electron chi connectivity index (χ2n) is 4.50. The zero-order chi connectivity index (χ0) is 13.5. The first-order valence-electron chi connectivity index (χ1n) is 6.10. The second-order valence-corrected chi connectivity index (χ2v) is 4.50. The Morgan fingerprint density at radius 1 is 1.17 bits per heavy atom. The molecule has 0 amide bonds. The molecule has 1 aromatic carbocycles. The van der Waals surface area contributed by atoms with Crippen LogP contribution in [0, 0.1) is 6.92 Å². The van der Waals surface area contributed by atoms with Crippen molar-refractivity contribution in [3.05, 3.63) is 23.8 Å².